The molecule has 22 nitrogen and oxygen atoms in total. The SMILES string of the molecule is CCOC(=O)NCCCCC(NC(=O)OCC)C(C)=O.CNC(CC(=O)NC(C)NC(=O)C(C)N1C(=O)CC(SB(P)I)C1=O)CC(=O)NC(C)NC(=O)C(C)N1C(=O)CC(SB(P)I)C1=O. The molecule has 2 fully saturated rings. The Labute approximate surface area is 431 Å². The van der Waals surface area contributed by atoms with Crippen molar-refractivity contribution in [3.8, 4) is 0 Å². The summed E-state index contributed by atoms with van der Waals surface area (Å²) < 4.78 is 9.50. The molecule has 0 aromatic rings. The molecule has 0 aliphatic carbocycles. The Balaban J connectivity index is 0.000000939. The first-order valence-corrected chi connectivity index (χ1v) is 27.1. The van der Waals surface area contributed by atoms with Crippen LogP contribution in [0.4, 0.5) is 9.59 Å². The third-order valence-electron chi connectivity index (χ3n) is 9.67. The summed E-state index contributed by atoms with van der Waals surface area (Å²) in [5, 5.41) is 17.3. The van der Waals surface area contributed by atoms with Crippen LogP contribution in [-0.2, 0) is 52.6 Å². The van der Waals surface area contributed by atoms with Gasteiger partial charge < -0.3 is 46.7 Å². The molecule has 2 aliphatic rings. The molecule has 0 aromatic heterocycles. The van der Waals surface area contributed by atoms with Crippen LogP contribution in [0.5, 0.6) is 0 Å². The van der Waals surface area contributed by atoms with Gasteiger partial charge in [-0.15, -0.1) is 63.0 Å². The van der Waals surface area contributed by atoms with E-state index in [4.69, 9.17) is 9.47 Å². The molecule has 7 N–H and O–H groups in total. The number of carbonyl (C=O) groups is 11. The zero-order valence-corrected chi connectivity index (χ0v) is 47.0. The van der Waals surface area contributed by atoms with Gasteiger partial charge >= 0.3 is 19.3 Å². The van der Waals surface area contributed by atoms with E-state index in [9.17, 15) is 52.7 Å². The Morgan fingerprint density at radius 1 is 0.701 bits per heavy atom. The lowest BCUT2D eigenvalue weighted by atomic mass is 10.1. The van der Waals surface area contributed by atoms with Crippen molar-refractivity contribution in [3.05, 3.63) is 0 Å². The van der Waals surface area contributed by atoms with E-state index in [0.717, 1.165) is 9.80 Å². The number of likely N-dealkylation sites (tertiary alicyclic amines) is 2. The number of hydrogen-bond acceptors (Lipinski definition) is 16. The van der Waals surface area contributed by atoms with Gasteiger partial charge in [-0.2, -0.15) is 23.2 Å². The standard InChI is InChI=1S/C24H39B2I2N7O8P2S2.C13H24N2O5/c1-10(34-19(38)8-15(23(34)42)46-25(27)44)21(40)32-12(3)30-17(36)6-14(29-5)7-18(37)31-13(4)33-22(41)11(2)35-20(39)9-16(24(35)43)47-26(28)45;1-4-19-12(17)14-9-7-6-8-11(10(3)16)15-13(18)20-5-2/h10-16,29H,6-9,44-45H2,1-5H3,(H,30,36)(H,31,37)(H,32,40)(H,33,41);11H,4-9H2,1-3H3,(H,14,17)(H,15,18). The molecule has 0 bridgehead atoms. The van der Waals surface area contributed by atoms with Crippen molar-refractivity contribution in [3.63, 3.8) is 0 Å². The van der Waals surface area contributed by atoms with Crippen molar-refractivity contribution in [2.24, 2.45) is 0 Å². The van der Waals surface area contributed by atoms with Gasteiger partial charge in [-0.25, -0.2) is 9.59 Å². The third-order valence-corrected chi connectivity index (χ3v) is 14.3. The normalized spacial score (nSPS) is 18.2. The highest BCUT2D eigenvalue weighted by molar-refractivity contribution is 14.1. The number of nitrogens with one attached hydrogen (secondary N) is 7. The first-order valence-electron chi connectivity index (χ1n) is 21.4. The van der Waals surface area contributed by atoms with E-state index < -0.39 is 106 Å². The average molecular weight is 1240 g/mol. The second-order valence-electron chi connectivity index (χ2n) is 15.1. The Bertz CT molecular complexity index is 1700. The number of halogens is 2. The fourth-order valence-electron chi connectivity index (χ4n) is 6.42. The van der Waals surface area contributed by atoms with Crippen LogP contribution in [0.2, 0.25) is 0 Å². The van der Waals surface area contributed by atoms with Crippen LogP contribution in [0, 0.1) is 0 Å². The number of alkyl carbamates (subject to hydrolysis) is 2. The minimum atomic E-state index is -1.06. The van der Waals surface area contributed by atoms with Gasteiger partial charge in [-0.3, -0.25) is 53.0 Å². The number of ketones is 1. The average Bonchev–Trinajstić information content (AvgIpc) is 3.65. The second-order valence-corrected chi connectivity index (χ2v) is 27.2. The molecule has 2 aliphatic heterocycles. The predicted molar refractivity (Wildman–Crippen MR) is 281 cm³/mol. The molecular formula is C37H63B2I2N9O13P2S2. The number of hydrogen-bond donors (Lipinski definition) is 7. The van der Waals surface area contributed by atoms with E-state index in [1.165, 1.54) is 57.8 Å². The molecular weight excluding hydrogens is 1180 g/mol. The van der Waals surface area contributed by atoms with E-state index in [1.807, 2.05) is 0 Å². The number of imide groups is 2. The molecule has 0 aromatic carbocycles. The molecule has 2 saturated heterocycles. The van der Waals surface area contributed by atoms with Crippen molar-refractivity contribution < 1.29 is 62.2 Å². The fourth-order valence-corrected chi connectivity index (χ4v) is 11.3. The minimum absolute atomic E-state index is 0.0165. The summed E-state index contributed by atoms with van der Waals surface area (Å²) >= 11 is 6.87. The summed E-state index contributed by atoms with van der Waals surface area (Å²) in [6.45, 7) is 11.9. The van der Waals surface area contributed by atoms with Crippen LogP contribution in [0.15, 0.2) is 0 Å². The predicted octanol–water partition coefficient (Wildman–Crippen LogP) is 1.21. The topological polar surface area (TPSA) is 297 Å². The minimum Gasteiger partial charge on any atom is -0.450 e. The maximum Gasteiger partial charge on any atom is 0.407 e. The number of amides is 10. The van der Waals surface area contributed by atoms with E-state index in [0.29, 0.717) is 32.4 Å². The van der Waals surface area contributed by atoms with E-state index in [-0.39, 0.29) is 45.2 Å². The molecule has 10 amide bonds. The molecule has 30 heteroatoms. The summed E-state index contributed by atoms with van der Waals surface area (Å²) in [6.07, 6.45) is -1.01. The fraction of sp³-hybridized carbons (Fsp3) is 0.703. The highest BCUT2D eigenvalue weighted by Gasteiger charge is 2.45. The van der Waals surface area contributed by atoms with Gasteiger partial charge in [0.25, 0.3) is 0 Å². The van der Waals surface area contributed by atoms with Gasteiger partial charge in [-0.05, 0) is 74.8 Å². The lowest BCUT2D eigenvalue weighted by Crippen LogP contribution is -2.55. The Morgan fingerprint density at radius 2 is 1.12 bits per heavy atom. The van der Waals surface area contributed by atoms with Gasteiger partial charge in [0.05, 0.1) is 42.1 Å². The first kappa shape index (κ1) is 62.5. The molecule has 9 atom stereocenters. The van der Waals surface area contributed by atoms with Crippen LogP contribution in [-0.4, -0.2) is 156 Å². The summed E-state index contributed by atoms with van der Waals surface area (Å²) in [7, 11) is 6.66. The number of carbonyl (C=O) groups excluding carboxylic acids is 11. The maximum atomic E-state index is 12.8. The van der Waals surface area contributed by atoms with Crippen LogP contribution in [0.3, 0.4) is 0 Å². The second kappa shape index (κ2) is 32.4. The summed E-state index contributed by atoms with van der Waals surface area (Å²) in [6, 6.07) is -3.27. The van der Waals surface area contributed by atoms with Gasteiger partial charge in [-0.1, -0.05) is 0 Å². The zero-order chi connectivity index (χ0) is 51.1. The van der Waals surface area contributed by atoms with E-state index >= 15 is 0 Å². The third kappa shape index (κ3) is 23.3. The van der Waals surface area contributed by atoms with Gasteiger partial charge in [0.15, 0.2) is 5.78 Å². The van der Waals surface area contributed by atoms with Crippen molar-refractivity contribution in [2.75, 3.05) is 26.8 Å². The van der Waals surface area contributed by atoms with E-state index in [2.05, 4.69) is 100 Å². The highest BCUT2D eigenvalue weighted by Crippen LogP contribution is 2.34. The van der Waals surface area contributed by atoms with Crippen molar-refractivity contribution in [1.29, 1.82) is 0 Å². The molecule has 2 rings (SSSR count). The largest absolute Gasteiger partial charge is 0.450 e. The van der Waals surface area contributed by atoms with Gasteiger partial charge in [0, 0.05) is 38.3 Å². The Kier molecular flexibility index (Phi) is 30.2. The first-order chi connectivity index (χ1) is 31.4. The smallest absolute Gasteiger partial charge is 0.407 e. The van der Waals surface area contributed by atoms with E-state index in [1.54, 1.807) is 20.9 Å². The molecule has 0 saturated carbocycles. The Hall–Kier alpha value is -2.52. The molecule has 0 radical (unpaired) electrons. The highest BCUT2D eigenvalue weighted by atomic mass is 127. The van der Waals surface area contributed by atoms with Crippen LogP contribution in [0.1, 0.15) is 93.4 Å². The monoisotopic (exact) mass is 1240 g/mol. The lowest BCUT2D eigenvalue weighted by molar-refractivity contribution is -0.146. The number of unbranched alkanes of at least 4 members (excludes halogenated alkanes) is 1. The molecule has 0 spiro atoms. The van der Waals surface area contributed by atoms with Gasteiger partial charge in [0.2, 0.25) is 47.3 Å². The molecule has 67 heavy (non-hydrogen) atoms. The Morgan fingerprint density at radius 3 is 1.49 bits per heavy atom. The summed E-state index contributed by atoms with van der Waals surface area (Å²) in [4.78, 5) is 137. The number of Topliss-reactive ketones (excluding diaryl/α,β-unsaturated/α-hetero) is 1. The number of rotatable bonds is 26. The zero-order valence-electron chi connectivity index (χ0n) is 38.8. The number of nitrogens with zero attached hydrogens (tertiary/aromatic N) is 2. The van der Waals surface area contributed by atoms with Gasteiger partial charge in [0.1, 0.15) is 12.1 Å². The summed E-state index contributed by atoms with van der Waals surface area (Å²) in [5.41, 5.74) is 0. The van der Waals surface area contributed by atoms with Crippen molar-refractivity contribution in [2.45, 2.75) is 140 Å². The van der Waals surface area contributed by atoms with Crippen LogP contribution < -0.4 is 37.2 Å². The van der Waals surface area contributed by atoms with Crippen LogP contribution >= 0.6 is 86.2 Å². The lowest BCUT2D eigenvalue weighted by Gasteiger charge is -2.25. The molecule has 9 unspecified atom stereocenters. The van der Waals surface area contributed by atoms with Crippen LogP contribution in [0.25, 0.3) is 0 Å². The van der Waals surface area contributed by atoms with Crippen molar-refractivity contribution in [1.82, 2.24) is 47.0 Å². The van der Waals surface area contributed by atoms with Crippen molar-refractivity contribution >= 4 is 159 Å². The summed E-state index contributed by atoms with van der Waals surface area (Å²) in [5.74, 6) is -3.99. The molecule has 2 heterocycles. The number of ether oxygens (including phenoxy) is 2. The maximum absolute atomic E-state index is 12.8. The molecule has 376 valence electrons. The quantitative estimate of drug-likeness (QED) is 0.0160.